The Hall–Kier alpha value is -2.71. The number of esters is 1. The number of sulfonamides is 1. The van der Waals surface area contributed by atoms with Crippen LogP contribution in [0, 0.1) is 5.92 Å². The third kappa shape index (κ3) is 5.32. The van der Waals surface area contributed by atoms with Crippen LogP contribution in [0.15, 0.2) is 53.4 Å². The Labute approximate surface area is 183 Å². The van der Waals surface area contributed by atoms with Gasteiger partial charge in [-0.25, -0.2) is 13.2 Å². The highest BCUT2D eigenvalue weighted by Gasteiger charge is 2.28. The first-order valence-corrected chi connectivity index (χ1v) is 11.7. The molecule has 8 heteroatoms. The first-order valence-electron chi connectivity index (χ1n) is 10.3. The van der Waals surface area contributed by atoms with Gasteiger partial charge in [0, 0.05) is 18.7 Å². The molecular weight excluding hydrogens is 416 g/mol. The topological polar surface area (TPSA) is 92.8 Å². The van der Waals surface area contributed by atoms with E-state index in [4.69, 9.17) is 4.74 Å². The van der Waals surface area contributed by atoms with Gasteiger partial charge in [-0.3, -0.25) is 4.79 Å². The predicted molar refractivity (Wildman–Crippen MR) is 117 cm³/mol. The second-order valence-corrected chi connectivity index (χ2v) is 10.00. The third-order valence-electron chi connectivity index (χ3n) is 5.35. The summed E-state index contributed by atoms with van der Waals surface area (Å²) in [6.07, 6.45) is 1.11. The number of nitrogens with zero attached hydrogens (tertiary/aromatic N) is 1. The number of rotatable bonds is 7. The molecular formula is C23H28N2O5S. The summed E-state index contributed by atoms with van der Waals surface area (Å²) < 4.78 is 32.4. The molecule has 31 heavy (non-hydrogen) atoms. The maximum Gasteiger partial charge on any atom is 0.328 e. The van der Waals surface area contributed by atoms with Crippen molar-refractivity contribution in [3.63, 3.8) is 0 Å². The number of hydrogen-bond donors (Lipinski definition) is 1. The van der Waals surface area contributed by atoms with Crippen molar-refractivity contribution in [1.29, 1.82) is 0 Å². The van der Waals surface area contributed by atoms with Gasteiger partial charge in [0.2, 0.25) is 10.0 Å². The number of amides is 1. The van der Waals surface area contributed by atoms with Gasteiger partial charge < -0.3 is 10.1 Å². The molecule has 1 amide bonds. The van der Waals surface area contributed by atoms with E-state index < -0.39 is 27.9 Å². The fourth-order valence-electron chi connectivity index (χ4n) is 3.67. The molecule has 0 saturated carbocycles. The predicted octanol–water partition coefficient (Wildman–Crippen LogP) is 2.75. The smallest absolute Gasteiger partial charge is 0.328 e. The lowest BCUT2D eigenvalue weighted by atomic mass is 10.0. The summed E-state index contributed by atoms with van der Waals surface area (Å²) in [4.78, 5) is 24.7. The van der Waals surface area contributed by atoms with Crippen molar-refractivity contribution in [2.45, 2.75) is 44.2 Å². The molecule has 1 heterocycles. The monoisotopic (exact) mass is 444 g/mol. The van der Waals surface area contributed by atoms with Crippen LogP contribution in [-0.2, 0) is 32.5 Å². The number of hydrogen-bond acceptors (Lipinski definition) is 5. The van der Waals surface area contributed by atoms with E-state index in [0.29, 0.717) is 25.9 Å². The van der Waals surface area contributed by atoms with Crippen LogP contribution in [0.25, 0.3) is 0 Å². The minimum Gasteiger partial charge on any atom is -0.467 e. The van der Waals surface area contributed by atoms with Gasteiger partial charge in [-0.15, -0.1) is 0 Å². The molecule has 1 N–H and O–H groups in total. The van der Waals surface area contributed by atoms with E-state index in [2.05, 4.69) is 5.32 Å². The Morgan fingerprint density at radius 3 is 2.32 bits per heavy atom. The fraction of sp³-hybridized carbons (Fsp3) is 0.391. The number of ether oxygens (including phenoxy) is 1. The molecule has 0 unspecified atom stereocenters. The van der Waals surface area contributed by atoms with Crippen LogP contribution in [-0.4, -0.2) is 44.3 Å². The Morgan fingerprint density at radius 1 is 1.06 bits per heavy atom. The van der Waals surface area contributed by atoms with Crippen molar-refractivity contribution in [2.24, 2.45) is 5.92 Å². The van der Waals surface area contributed by atoms with E-state index >= 15 is 0 Å². The summed E-state index contributed by atoms with van der Waals surface area (Å²) in [6.45, 7) is 4.63. The summed E-state index contributed by atoms with van der Waals surface area (Å²) >= 11 is 0. The molecule has 0 aliphatic carbocycles. The van der Waals surface area contributed by atoms with Gasteiger partial charge in [0.15, 0.2) is 0 Å². The fourth-order valence-corrected chi connectivity index (χ4v) is 5.09. The average molecular weight is 445 g/mol. The zero-order chi connectivity index (χ0) is 22.6. The normalized spacial score (nSPS) is 15.2. The lowest BCUT2D eigenvalue weighted by Gasteiger charge is -2.28. The van der Waals surface area contributed by atoms with Gasteiger partial charge in [-0.1, -0.05) is 38.1 Å². The Bertz CT molecular complexity index is 1050. The van der Waals surface area contributed by atoms with Crippen molar-refractivity contribution in [3.8, 4) is 0 Å². The van der Waals surface area contributed by atoms with Crippen LogP contribution in [0.1, 0.15) is 41.8 Å². The minimum absolute atomic E-state index is 0.134. The summed E-state index contributed by atoms with van der Waals surface area (Å²) in [7, 11) is -2.40. The zero-order valence-corrected chi connectivity index (χ0v) is 18.8. The first-order chi connectivity index (χ1) is 14.7. The maximum atomic E-state index is 13.1. The lowest BCUT2D eigenvalue weighted by molar-refractivity contribution is -0.143. The molecule has 0 radical (unpaired) electrons. The summed E-state index contributed by atoms with van der Waals surface area (Å²) in [5.74, 6) is -0.773. The van der Waals surface area contributed by atoms with Crippen LogP contribution < -0.4 is 5.32 Å². The number of carbonyl (C=O) groups excluding carboxylic acids is 2. The molecule has 1 aliphatic rings. The van der Waals surface area contributed by atoms with Crippen LogP contribution in [0.3, 0.4) is 0 Å². The standard InChI is InChI=1S/C23H28N2O5S/c1-16(2)14-21(23(27)30-3)24-22(26)18-8-10-20(11-9-18)31(28,29)25-13-12-17-6-4-5-7-19(17)15-25/h4-11,16,21H,12-15H2,1-3H3,(H,24,26)/t21-/m1/s1. The zero-order valence-electron chi connectivity index (χ0n) is 18.0. The molecule has 1 aliphatic heterocycles. The van der Waals surface area contributed by atoms with Crippen molar-refractivity contribution >= 4 is 21.9 Å². The van der Waals surface area contributed by atoms with E-state index in [1.807, 2.05) is 38.1 Å². The molecule has 2 aromatic carbocycles. The summed E-state index contributed by atoms with van der Waals surface area (Å²) in [6, 6.07) is 12.9. The van der Waals surface area contributed by atoms with E-state index in [1.165, 1.54) is 41.2 Å². The van der Waals surface area contributed by atoms with Crippen LogP contribution in [0.2, 0.25) is 0 Å². The Kier molecular flexibility index (Phi) is 7.12. The van der Waals surface area contributed by atoms with Gasteiger partial charge in [0.1, 0.15) is 6.04 Å². The molecule has 0 bridgehead atoms. The third-order valence-corrected chi connectivity index (χ3v) is 7.21. The molecule has 0 spiro atoms. The first kappa shape index (κ1) is 23.0. The van der Waals surface area contributed by atoms with Crippen molar-refractivity contribution in [2.75, 3.05) is 13.7 Å². The summed E-state index contributed by atoms with van der Waals surface area (Å²) in [5, 5.41) is 2.67. The highest BCUT2D eigenvalue weighted by atomic mass is 32.2. The average Bonchev–Trinajstić information content (AvgIpc) is 2.77. The number of fused-ring (bicyclic) bond motifs is 1. The van der Waals surface area contributed by atoms with Gasteiger partial charge >= 0.3 is 5.97 Å². The highest BCUT2D eigenvalue weighted by molar-refractivity contribution is 7.89. The van der Waals surface area contributed by atoms with Crippen molar-refractivity contribution in [1.82, 2.24) is 9.62 Å². The molecule has 2 aromatic rings. The highest BCUT2D eigenvalue weighted by Crippen LogP contribution is 2.25. The van der Waals surface area contributed by atoms with Gasteiger partial charge in [0.25, 0.3) is 5.91 Å². The largest absolute Gasteiger partial charge is 0.467 e. The second-order valence-electron chi connectivity index (χ2n) is 8.06. The molecule has 0 fully saturated rings. The number of carbonyl (C=O) groups is 2. The van der Waals surface area contributed by atoms with Gasteiger partial charge in [0.05, 0.1) is 12.0 Å². The molecule has 0 aromatic heterocycles. The van der Waals surface area contributed by atoms with E-state index in [1.54, 1.807) is 0 Å². The lowest BCUT2D eigenvalue weighted by Crippen LogP contribution is -2.42. The number of methoxy groups -OCH3 is 1. The van der Waals surface area contributed by atoms with Gasteiger partial charge in [-0.05, 0) is 54.2 Å². The Morgan fingerprint density at radius 2 is 1.71 bits per heavy atom. The number of benzene rings is 2. The van der Waals surface area contributed by atoms with Crippen molar-refractivity contribution < 1.29 is 22.7 Å². The van der Waals surface area contributed by atoms with Crippen LogP contribution >= 0.6 is 0 Å². The van der Waals surface area contributed by atoms with E-state index in [-0.39, 0.29) is 16.4 Å². The second kappa shape index (κ2) is 9.62. The van der Waals surface area contributed by atoms with Crippen molar-refractivity contribution in [3.05, 3.63) is 65.2 Å². The van der Waals surface area contributed by atoms with Crippen LogP contribution in [0.5, 0.6) is 0 Å². The molecule has 7 nitrogen and oxygen atoms in total. The quantitative estimate of drug-likeness (QED) is 0.663. The molecule has 0 saturated heterocycles. The molecule has 3 rings (SSSR count). The number of nitrogens with one attached hydrogen (secondary N) is 1. The molecule has 166 valence electrons. The minimum atomic E-state index is -3.68. The van der Waals surface area contributed by atoms with Crippen LogP contribution in [0.4, 0.5) is 0 Å². The molecule has 1 atom stereocenters. The summed E-state index contributed by atoms with van der Waals surface area (Å²) in [5.41, 5.74) is 2.45. The van der Waals surface area contributed by atoms with E-state index in [9.17, 15) is 18.0 Å². The van der Waals surface area contributed by atoms with E-state index in [0.717, 1.165) is 5.56 Å². The van der Waals surface area contributed by atoms with Gasteiger partial charge in [-0.2, -0.15) is 4.31 Å². The SMILES string of the molecule is COC(=O)[C@@H](CC(C)C)NC(=O)c1ccc(S(=O)(=O)N2CCc3ccccc3C2)cc1. The Balaban J connectivity index is 1.73. The maximum absolute atomic E-state index is 13.1.